The number of thiophene rings is 1. The summed E-state index contributed by atoms with van der Waals surface area (Å²) in [6.45, 7) is 3.83. The molecule has 0 unspecified atom stereocenters. The summed E-state index contributed by atoms with van der Waals surface area (Å²) < 4.78 is 4.79. The van der Waals surface area contributed by atoms with Gasteiger partial charge in [0, 0.05) is 17.8 Å². The van der Waals surface area contributed by atoms with Crippen LogP contribution in [0.2, 0.25) is 0 Å². The van der Waals surface area contributed by atoms with Gasteiger partial charge in [-0.2, -0.15) is 4.98 Å². The van der Waals surface area contributed by atoms with Crippen molar-refractivity contribution in [1.82, 2.24) is 15.5 Å². The van der Waals surface area contributed by atoms with Gasteiger partial charge in [0.2, 0.25) is 5.89 Å². The van der Waals surface area contributed by atoms with Gasteiger partial charge in [0.15, 0.2) is 6.33 Å². The Bertz CT molecular complexity index is 651. The fourth-order valence-corrected chi connectivity index (χ4v) is 2.76. The van der Waals surface area contributed by atoms with Gasteiger partial charge >= 0.3 is 12.0 Å². The van der Waals surface area contributed by atoms with Crippen molar-refractivity contribution in [1.29, 1.82) is 0 Å². The van der Waals surface area contributed by atoms with Gasteiger partial charge in [0.05, 0.1) is 5.56 Å². The first-order chi connectivity index (χ1) is 9.99. The van der Waals surface area contributed by atoms with Gasteiger partial charge in [-0.3, -0.25) is 5.32 Å². The number of rotatable bonds is 5. The van der Waals surface area contributed by atoms with E-state index in [1.54, 1.807) is 6.92 Å². The highest BCUT2D eigenvalue weighted by molar-refractivity contribution is 7.16. The maximum absolute atomic E-state index is 11.8. The molecule has 2 heterocycles. The van der Waals surface area contributed by atoms with Crippen LogP contribution < -0.4 is 10.6 Å². The van der Waals surface area contributed by atoms with Gasteiger partial charge in [0.25, 0.3) is 0 Å². The molecule has 2 amide bonds. The molecule has 0 aliphatic heterocycles. The third-order valence-electron chi connectivity index (χ3n) is 2.86. The number of carbonyl (C=O) groups excluding carboxylic acids is 1. The molecule has 0 aliphatic carbocycles. The van der Waals surface area contributed by atoms with Crippen LogP contribution >= 0.6 is 11.3 Å². The molecule has 0 spiro atoms. The quantitative estimate of drug-likeness (QED) is 0.775. The number of aromatic nitrogens is 2. The first-order valence-corrected chi connectivity index (χ1v) is 6.94. The Morgan fingerprint density at radius 1 is 1.43 bits per heavy atom. The normalized spacial score (nSPS) is 10.4. The second-order valence-electron chi connectivity index (χ2n) is 4.26. The van der Waals surface area contributed by atoms with Crippen LogP contribution in [0.4, 0.5) is 9.80 Å². The van der Waals surface area contributed by atoms with E-state index in [0.29, 0.717) is 29.4 Å². The van der Waals surface area contributed by atoms with Crippen molar-refractivity contribution in [3.05, 3.63) is 28.2 Å². The summed E-state index contributed by atoms with van der Waals surface area (Å²) in [6.07, 6.45) is 1.69. The van der Waals surface area contributed by atoms with E-state index < -0.39 is 12.0 Å². The minimum Gasteiger partial charge on any atom is -0.478 e. The first kappa shape index (κ1) is 15.0. The molecule has 9 heteroatoms. The third kappa shape index (κ3) is 3.57. The van der Waals surface area contributed by atoms with Crippen molar-refractivity contribution < 1.29 is 19.2 Å². The summed E-state index contributed by atoms with van der Waals surface area (Å²) in [6, 6.07) is -0.474. The zero-order valence-electron chi connectivity index (χ0n) is 11.5. The molecule has 3 N–H and O–H groups in total. The highest BCUT2D eigenvalue weighted by atomic mass is 32.1. The number of amides is 2. The Balaban J connectivity index is 1.93. The van der Waals surface area contributed by atoms with Gasteiger partial charge in [-0.25, -0.2) is 9.59 Å². The van der Waals surface area contributed by atoms with Gasteiger partial charge in [-0.05, 0) is 19.4 Å². The summed E-state index contributed by atoms with van der Waals surface area (Å²) in [5.74, 6) is -0.637. The number of nitrogens with zero attached hydrogens (tertiary/aromatic N) is 2. The van der Waals surface area contributed by atoms with Gasteiger partial charge < -0.3 is 14.9 Å². The summed E-state index contributed by atoms with van der Waals surface area (Å²) in [5.41, 5.74) is 0.790. The lowest BCUT2D eigenvalue weighted by molar-refractivity contribution is 0.0697. The van der Waals surface area contributed by atoms with Crippen LogP contribution in [0, 0.1) is 13.8 Å². The van der Waals surface area contributed by atoms with E-state index >= 15 is 0 Å². The van der Waals surface area contributed by atoms with E-state index in [-0.39, 0.29) is 5.56 Å². The summed E-state index contributed by atoms with van der Waals surface area (Å²) >= 11 is 1.24. The molecule has 8 nitrogen and oxygen atoms in total. The predicted molar refractivity (Wildman–Crippen MR) is 75.8 cm³/mol. The summed E-state index contributed by atoms with van der Waals surface area (Å²) in [7, 11) is 0. The first-order valence-electron chi connectivity index (χ1n) is 6.12. The lowest BCUT2D eigenvalue weighted by Crippen LogP contribution is -2.30. The number of carboxylic acids is 1. The van der Waals surface area contributed by atoms with Gasteiger partial charge in [-0.1, -0.05) is 5.16 Å². The molecule has 0 saturated heterocycles. The molecule has 0 atom stereocenters. The molecular formula is C12H14N4O4S. The van der Waals surface area contributed by atoms with Crippen LogP contribution in [-0.4, -0.2) is 33.8 Å². The molecular weight excluding hydrogens is 296 g/mol. The lowest BCUT2D eigenvalue weighted by Gasteiger charge is -2.06. The van der Waals surface area contributed by atoms with Crippen LogP contribution in [0.5, 0.6) is 0 Å². The zero-order valence-corrected chi connectivity index (χ0v) is 12.3. The molecule has 112 valence electrons. The highest BCUT2D eigenvalue weighted by Crippen LogP contribution is 2.32. The highest BCUT2D eigenvalue weighted by Gasteiger charge is 2.20. The minimum atomic E-state index is -1.06. The maximum atomic E-state index is 11.8. The second-order valence-corrected chi connectivity index (χ2v) is 5.48. The van der Waals surface area contributed by atoms with E-state index in [9.17, 15) is 14.7 Å². The van der Waals surface area contributed by atoms with E-state index in [4.69, 9.17) is 4.52 Å². The molecule has 2 aromatic heterocycles. The topological polar surface area (TPSA) is 117 Å². The van der Waals surface area contributed by atoms with Crippen LogP contribution in [0.3, 0.4) is 0 Å². The van der Waals surface area contributed by atoms with Gasteiger partial charge in [0.1, 0.15) is 5.00 Å². The average Bonchev–Trinajstić information content (AvgIpc) is 2.99. The largest absolute Gasteiger partial charge is 0.478 e. The van der Waals surface area contributed by atoms with Crippen molar-refractivity contribution in [2.24, 2.45) is 0 Å². The van der Waals surface area contributed by atoms with Crippen molar-refractivity contribution >= 4 is 28.3 Å². The molecule has 21 heavy (non-hydrogen) atoms. The maximum Gasteiger partial charge on any atom is 0.338 e. The Hall–Kier alpha value is -2.42. The number of anilines is 1. The Morgan fingerprint density at radius 3 is 2.81 bits per heavy atom. The van der Waals surface area contributed by atoms with Crippen LogP contribution in [0.15, 0.2) is 10.9 Å². The van der Waals surface area contributed by atoms with E-state index in [0.717, 1.165) is 4.88 Å². The number of urea groups is 1. The Kier molecular flexibility index (Phi) is 4.53. The predicted octanol–water partition coefficient (Wildman–Crippen LogP) is 1.81. The lowest BCUT2D eigenvalue weighted by atomic mass is 10.1. The molecule has 0 aliphatic rings. The van der Waals surface area contributed by atoms with Gasteiger partial charge in [-0.15, -0.1) is 11.3 Å². The molecule has 2 rings (SSSR count). The minimum absolute atomic E-state index is 0.129. The monoisotopic (exact) mass is 310 g/mol. The number of aromatic carboxylic acids is 1. The number of hydrogen-bond donors (Lipinski definition) is 3. The average molecular weight is 310 g/mol. The van der Waals surface area contributed by atoms with E-state index in [2.05, 4.69) is 20.8 Å². The number of carboxylic acid groups (broad SMARTS) is 1. The van der Waals surface area contributed by atoms with Crippen molar-refractivity contribution in [3.8, 4) is 0 Å². The molecule has 2 aromatic rings. The fraction of sp³-hybridized carbons (Fsp3) is 0.333. The zero-order chi connectivity index (χ0) is 15.4. The smallest absolute Gasteiger partial charge is 0.338 e. The standard InChI is InChI=1S/C12H14N4O4S/c1-6-7(2)21-10(9(6)11(17)18)16-12(19)13-4-3-8-14-5-15-20-8/h5H,3-4H2,1-2H3,(H,17,18)(H2,13,16,19). The van der Waals surface area contributed by atoms with Crippen molar-refractivity contribution in [2.75, 3.05) is 11.9 Å². The number of hydrogen-bond acceptors (Lipinski definition) is 6. The van der Waals surface area contributed by atoms with Crippen LogP contribution in [0.1, 0.15) is 26.7 Å². The van der Waals surface area contributed by atoms with E-state index in [1.165, 1.54) is 17.7 Å². The van der Waals surface area contributed by atoms with Crippen LogP contribution in [-0.2, 0) is 6.42 Å². The summed E-state index contributed by atoms with van der Waals surface area (Å²) in [5, 5.41) is 18.1. The SMILES string of the molecule is Cc1sc(NC(=O)NCCc2ncno2)c(C(=O)O)c1C. The number of nitrogens with one attached hydrogen (secondary N) is 2. The van der Waals surface area contributed by atoms with Crippen molar-refractivity contribution in [3.63, 3.8) is 0 Å². The van der Waals surface area contributed by atoms with E-state index in [1.807, 2.05) is 6.92 Å². The van der Waals surface area contributed by atoms with Crippen molar-refractivity contribution in [2.45, 2.75) is 20.3 Å². The molecule has 0 saturated carbocycles. The molecule has 0 radical (unpaired) electrons. The fourth-order valence-electron chi connectivity index (χ4n) is 1.71. The van der Waals surface area contributed by atoms with Crippen LogP contribution in [0.25, 0.3) is 0 Å². The Morgan fingerprint density at radius 2 is 2.19 bits per heavy atom. The second kappa shape index (κ2) is 6.35. The Labute approximate surface area is 124 Å². The third-order valence-corrected chi connectivity index (χ3v) is 3.98. The number of aryl methyl sites for hydroxylation is 1. The molecule has 0 bridgehead atoms. The number of carbonyl (C=O) groups is 2. The molecule has 0 fully saturated rings. The summed E-state index contributed by atoms with van der Waals surface area (Å²) in [4.78, 5) is 27.7. The molecule has 0 aromatic carbocycles.